The quantitative estimate of drug-likeness (QED) is 0.752. The van der Waals surface area contributed by atoms with E-state index in [0.717, 1.165) is 17.0 Å². The first kappa shape index (κ1) is 17.7. The predicted octanol–water partition coefficient (Wildman–Crippen LogP) is 1.73. The number of carbonyl (C=O) groups excluding carboxylic acids is 1. The van der Waals surface area contributed by atoms with Crippen LogP contribution in [-0.4, -0.2) is 25.5 Å². The van der Waals surface area contributed by atoms with Gasteiger partial charge in [-0.05, 0) is 39.0 Å². The van der Waals surface area contributed by atoms with Crippen LogP contribution in [0.1, 0.15) is 30.1 Å². The molecule has 3 aromatic heterocycles. The number of carbonyl (C=O) groups is 1. The molecule has 0 saturated heterocycles. The molecule has 0 aliphatic rings. The minimum atomic E-state index is -0.755. The molecule has 1 N–H and O–H groups in total. The topological polar surface area (TPSA) is 95.0 Å². The summed E-state index contributed by atoms with van der Waals surface area (Å²) in [7, 11) is 1.85. The fourth-order valence-corrected chi connectivity index (χ4v) is 2.83. The molecule has 0 bridgehead atoms. The molecule has 26 heavy (non-hydrogen) atoms. The highest BCUT2D eigenvalue weighted by molar-refractivity contribution is 5.79. The minimum absolute atomic E-state index is 0.255. The van der Waals surface area contributed by atoms with Gasteiger partial charge in [-0.2, -0.15) is 10.2 Å². The third-order valence-electron chi connectivity index (χ3n) is 4.35. The number of nitrogens with zero attached hydrogens (tertiary/aromatic N) is 4. The van der Waals surface area contributed by atoms with Crippen LogP contribution < -0.4 is 10.9 Å². The molecule has 0 radical (unpaired) electrons. The fourth-order valence-electron chi connectivity index (χ4n) is 2.83. The molecule has 3 rings (SSSR count). The van der Waals surface area contributed by atoms with Gasteiger partial charge in [0.2, 0.25) is 5.91 Å². The Hall–Kier alpha value is -3.16. The molecular weight excluding hydrogens is 334 g/mol. The summed E-state index contributed by atoms with van der Waals surface area (Å²) in [4.78, 5) is 24.6. The lowest BCUT2D eigenvalue weighted by Gasteiger charge is -2.14. The van der Waals surface area contributed by atoms with Gasteiger partial charge in [-0.15, -0.1) is 0 Å². The van der Waals surface area contributed by atoms with Gasteiger partial charge in [0.1, 0.15) is 11.8 Å². The third kappa shape index (κ3) is 3.30. The predicted molar refractivity (Wildman–Crippen MR) is 95.4 cm³/mol. The maximum atomic E-state index is 12.4. The van der Waals surface area contributed by atoms with Crippen molar-refractivity contribution < 1.29 is 9.21 Å². The molecule has 0 fully saturated rings. The summed E-state index contributed by atoms with van der Waals surface area (Å²) in [6.07, 6.45) is 1.54. The van der Waals surface area contributed by atoms with Gasteiger partial charge in [0.05, 0.1) is 24.2 Å². The fraction of sp³-hybridized carbons (Fsp3) is 0.333. The Labute approximate surface area is 150 Å². The molecule has 0 aromatic carbocycles. The van der Waals surface area contributed by atoms with Crippen molar-refractivity contribution >= 4 is 5.91 Å². The van der Waals surface area contributed by atoms with Gasteiger partial charge in [-0.1, -0.05) is 0 Å². The second-order valence-corrected chi connectivity index (χ2v) is 6.14. The smallest absolute Gasteiger partial charge is 0.267 e. The van der Waals surface area contributed by atoms with Crippen molar-refractivity contribution in [1.29, 1.82) is 0 Å². The lowest BCUT2D eigenvalue weighted by molar-refractivity contribution is -0.124. The Morgan fingerprint density at radius 3 is 2.65 bits per heavy atom. The van der Waals surface area contributed by atoms with E-state index >= 15 is 0 Å². The molecule has 1 amide bonds. The maximum Gasteiger partial charge on any atom is 0.267 e. The number of rotatable bonds is 5. The van der Waals surface area contributed by atoms with Crippen LogP contribution in [0.3, 0.4) is 0 Å². The molecule has 0 aliphatic heterocycles. The Kier molecular flexibility index (Phi) is 4.75. The van der Waals surface area contributed by atoms with Crippen molar-refractivity contribution in [2.75, 3.05) is 0 Å². The number of hydrogen-bond acceptors (Lipinski definition) is 5. The molecule has 8 heteroatoms. The Morgan fingerprint density at radius 1 is 1.27 bits per heavy atom. The number of aromatic nitrogens is 4. The van der Waals surface area contributed by atoms with E-state index in [0.29, 0.717) is 11.5 Å². The first-order valence-electron chi connectivity index (χ1n) is 8.29. The zero-order valence-electron chi connectivity index (χ0n) is 15.2. The summed E-state index contributed by atoms with van der Waals surface area (Å²) in [6.45, 7) is 5.72. The van der Waals surface area contributed by atoms with Crippen LogP contribution >= 0.6 is 0 Å². The molecule has 0 aliphatic carbocycles. The van der Waals surface area contributed by atoms with E-state index in [2.05, 4.69) is 15.5 Å². The standard InChI is InChI=1S/C18H21N5O3/c1-11-17(12(2)22(4)20-11)15-7-8-16(24)23(21-15)13(3)18(25)19-10-14-6-5-9-26-14/h5-9,13H,10H2,1-4H3,(H,19,25). The van der Waals surface area contributed by atoms with Crippen molar-refractivity contribution in [1.82, 2.24) is 24.9 Å². The van der Waals surface area contributed by atoms with Crippen LogP contribution in [-0.2, 0) is 18.4 Å². The van der Waals surface area contributed by atoms with Crippen molar-refractivity contribution in [2.45, 2.75) is 33.4 Å². The highest BCUT2D eigenvalue weighted by atomic mass is 16.3. The van der Waals surface area contributed by atoms with Crippen LogP contribution in [0.4, 0.5) is 0 Å². The van der Waals surface area contributed by atoms with Gasteiger partial charge in [0.25, 0.3) is 5.56 Å². The number of aryl methyl sites for hydroxylation is 2. The SMILES string of the molecule is Cc1nn(C)c(C)c1-c1ccc(=O)n(C(C)C(=O)NCc2ccco2)n1. The summed E-state index contributed by atoms with van der Waals surface area (Å²) in [5.41, 5.74) is 2.89. The largest absolute Gasteiger partial charge is 0.467 e. The average molecular weight is 355 g/mol. The highest BCUT2D eigenvalue weighted by Crippen LogP contribution is 2.24. The van der Waals surface area contributed by atoms with Crippen molar-refractivity contribution in [2.24, 2.45) is 7.05 Å². The molecule has 136 valence electrons. The monoisotopic (exact) mass is 355 g/mol. The Balaban J connectivity index is 1.87. The Morgan fingerprint density at radius 2 is 2.04 bits per heavy atom. The minimum Gasteiger partial charge on any atom is -0.467 e. The van der Waals surface area contributed by atoms with Gasteiger partial charge in [-0.25, -0.2) is 4.68 Å². The lowest BCUT2D eigenvalue weighted by Crippen LogP contribution is -2.36. The normalized spacial score (nSPS) is 12.2. The third-order valence-corrected chi connectivity index (χ3v) is 4.35. The van der Waals surface area contributed by atoms with E-state index in [4.69, 9.17) is 4.42 Å². The van der Waals surface area contributed by atoms with Gasteiger partial charge in [-0.3, -0.25) is 14.3 Å². The molecule has 8 nitrogen and oxygen atoms in total. The van der Waals surface area contributed by atoms with Crippen LogP contribution in [0.25, 0.3) is 11.3 Å². The molecule has 1 atom stereocenters. The molecule has 3 heterocycles. The van der Waals surface area contributed by atoms with Crippen LogP contribution in [0, 0.1) is 13.8 Å². The van der Waals surface area contributed by atoms with E-state index in [9.17, 15) is 9.59 Å². The van der Waals surface area contributed by atoms with Crippen LogP contribution in [0.5, 0.6) is 0 Å². The Bertz CT molecular complexity index is 985. The maximum absolute atomic E-state index is 12.4. The van der Waals surface area contributed by atoms with Gasteiger partial charge in [0, 0.05) is 24.4 Å². The van der Waals surface area contributed by atoms with E-state index in [1.54, 1.807) is 36.1 Å². The van der Waals surface area contributed by atoms with Crippen LogP contribution in [0.15, 0.2) is 39.7 Å². The van der Waals surface area contributed by atoms with E-state index < -0.39 is 6.04 Å². The zero-order chi connectivity index (χ0) is 18.8. The summed E-state index contributed by atoms with van der Waals surface area (Å²) in [5.74, 6) is 0.328. The number of hydrogen-bond donors (Lipinski definition) is 1. The molecule has 3 aromatic rings. The first-order chi connectivity index (χ1) is 12.4. The van der Waals surface area contributed by atoms with Crippen molar-refractivity contribution in [3.63, 3.8) is 0 Å². The second kappa shape index (κ2) is 6.99. The van der Waals surface area contributed by atoms with Gasteiger partial charge < -0.3 is 9.73 Å². The second-order valence-electron chi connectivity index (χ2n) is 6.14. The molecule has 0 saturated carbocycles. The van der Waals surface area contributed by atoms with E-state index in [-0.39, 0.29) is 18.0 Å². The van der Waals surface area contributed by atoms with E-state index in [1.165, 1.54) is 10.7 Å². The molecular formula is C18H21N5O3. The van der Waals surface area contributed by atoms with Gasteiger partial charge in [0.15, 0.2) is 0 Å². The lowest BCUT2D eigenvalue weighted by atomic mass is 10.1. The summed E-state index contributed by atoms with van der Waals surface area (Å²) in [6, 6.07) is 5.84. The summed E-state index contributed by atoms with van der Waals surface area (Å²) < 4.78 is 8.15. The highest BCUT2D eigenvalue weighted by Gasteiger charge is 2.20. The number of amides is 1. The molecule has 1 unspecified atom stereocenters. The van der Waals surface area contributed by atoms with Crippen molar-refractivity contribution in [3.05, 3.63) is 58.0 Å². The molecule has 0 spiro atoms. The first-order valence-corrected chi connectivity index (χ1v) is 8.29. The number of furan rings is 1. The van der Waals surface area contributed by atoms with E-state index in [1.807, 2.05) is 20.9 Å². The van der Waals surface area contributed by atoms with Crippen molar-refractivity contribution in [3.8, 4) is 11.3 Å². The summed E-state index contributed by atoms with van der Waals surface area (Å²) in [5, 5.41) is 11.5. The summed E-state index contributed by atoms with van der Waals surface area (Å²) >= 11 is 0. The van der Waals surface area contributed by atoms with Crippen LogP contribution in [0.2, 0.25) is 0 Å². The number of nitrogens with one attached hydrogen (secondary N) is 1. The average Bonchev–Trinajstić information content (AvgIpc) is 3.21. The van der Waals surface area contributed by atoms with Gasteiger partial charge >= 0.3 is 0 Å². The zero-order valence-corrected chi connectivity index (χ0v) is 15.2.